The molecule has 7 heteroatoms. The Morgan fingerprint density at radius 1 is 1.56 bits per heavy atom. The highest BCUT2D eigenvalue weighted by Crippen LogP contribution is 2.22. The van der Waals surface area contributed by atoms with E-state index in [1.807, 2.05) is 0 Å². The molecule has 92 valence electrons. The molecule has 1 N–H and O–H groups in total. The Bertz CT molecular complexity index is 346. The van der Waals surface area contributed by atoms with E-state index in [1.54, 1.807) is 19.2 Å². The molecule has 0 aliphatic rings. The maximum absolute atomic E-state index is 12.0. The van der Waals surface area contributed by atoms with Gasteiger partial charge in [0, 0.05) is 14.1 Å². The highest BCUT2D eigenvalue weighted by atomic mass is 35.5. The molecule has 3 nitrogen and oxygen atoms in total. The molecule has 0 spiro atoms. The van der Waals surface area contributed by atoms with Crippen LogP contribution in [-0.2, 0) is 0 Å². The normalized spacial score (nSPS) is 9.81. The first-order chi connectivity index (χ1) is 7.04. The van der Waals surface area contributed by atoms with Crippen molar-refractivity contribution in [3.05, 3.63) is 17.0 Å². The van der Waals surface area contributed by atoms with Gasteiger partial charge in [-0.2, -0.15) is 0 Å². The van der Waals surface area contributed by atoms with E-state index in [0.717, 1.165) is 9.90 Å². The van der Waals surface area contributed by atoms with Crippen LogP contribution in [0.25, 0.3) is 0 Å². The van der Waals surface area contributed by atoms with Crippen LogP contribution in [0.5, 0.6) is 0 Å². The second-order valence-electron chi connectivity index (χ2n) is 2.99. The molecule has 1 rings (SSSR count). The highest BCUT2D eigenvalue weighted by Gasteiger charge is 2.17. The summed E-state index contributed by atoms with van der Waals surface area (Å²) in [4.78, 5) is 13.1. The summed E-state index contributed by atoms with van der Waals surface area (Å²) in [5.41, 5.74) is 0. The number of hydrogen-bond acceptors (Lipinski definition) is 3. The Morgan fingerprint density at radius 2 is 2.19 bits per heavy atom. The second kappa shape index (κ2) is 6.65. The predicted octanol–water partition coefficient (Wildman–Crippen LogP) is 2.55. The number of halogens is 3. The van der Waals surface area contributed by atoms with Crippen LogP contribution in [0.2, 0.25) is 0 Å². The van der Waals surface area contributed by atoms with Gasteiger partial charge in [0.2, 0.25) is 0 Å². The van der Waals surface area contributed by atoms with E-state index in [-0.39, 0.29) is 18.3 Å². The number of amides is 1. The van der Waals surface area contributed by atoms with Crippen LogP contribution in [0.1, 0.15) is 9.67 Å². The highest BCUT2D eigenvalue weighted by molar-refractivity contribution is 7.17. The first kappa shape index (κ1) is 15.1. The van der Waals surface area contributed by atoms with E-state index in [0.29, 0.717) is 4.88 Å². The topological polar surface area (TPSA) is 32.3 Å². The summed E-state index contributed by atoms with van der Waals surface area (Å²) < 4.78 is 24.1. The summed E-state index contributed by atoms with van der Waals surface area (Å²) in [5.74, 6) is -0.373. The molecule has 1 aromatic rings. The average molecular weight is 271 g/mol. The van der Waals surface area contributed by atoms with Crippen molar-refractivity contribution in [3.63, 3.8) is 0 Å². The Kier molecular flexibility index (Phi) is 6.28. The van der Waals surface area contributed by atoms with Crippen molar-refractivity contribution in [2.45, 2.75) is 6.43 Å². The van der Waals surface area contributed by atoms with Gasteiger partial charge in [-0.25, -0.2) is 8.78 Å². The van der Waals surface area contributed by atoms with E-state index in [2.05, 4.69) is 5.32 Å². The first-order valence-corrected chi connectivity index (χ1v) is 5.17. The number of nitrogens with zero attached hydrogens (tertiary/aromatic N) is 1. The number of anilines is 1. The quantitative estimate of drug-likeness (QED) is 0.912. The van der Waals surface area contributed by atoms with E-state index >= 15 is 0 Å². The molecule has 1 heterocycles. The summed E-state index contributed by atoms with van der Waals surface area (Å²) >= 11 is 1.25. The van der Waals surface area contributed by atoms with Crippen molar-refractivity contribution in [2.75, 3.05) is 26.0 Å². The largest absolute Gasteiger partial charge is 0.380 e. The van der Waals surface area contributed by atoms with Crippen LogP contribution in [0.15, 0.2) is 12.1 Å². The lowest BCUT2D eigenvalue weighted by molar-refractivity contribution is 0.0624. The lowest BCUT2D eigenvalue weighted by Gasteiger charge is -2.14. The number of rotatable bonds is 4. The van der Waals surface area contributed by atoms with Gasteiger partial charge in [-0.1, -0.05) is 0 Å². The zero-order chi connectivity index (χ0) is 11.4. The average Bonchev–Trinajstić information content (AvgIpc) is 2.63. The third-order valence-corrected chi connectivity index (χ3v) is 2.91. The van der Waals surface area contributed by atoms with Crippen LogP contribution in [0.3, 0.4) is 0 Å². The third kappa shape index (κ3) is 3.94. The van der Waals surface area contributed by atoms with Crippen LogP contribution in [0.4, 0.5) is 13.8 Å². The smallest absolute Gasteiger partial charge is 0.263 e. The standard InChI is InChI=1S/C9H12F2N2OS.ClH/c1-12-8-4-3-6(15-8)9(14)13(2)5-7(10)11;/h3-4,7,12H,5H2,1-2H3;1H. The fourth-order valence-electron chi connectivity index (χ4n) is 1.07. The van der Waals surface area contributed by atoms with Crippen molar-refractivity contribution in [3.8, 4) is 0 Å². The number of nitrogens with one attached hydrogen (secondary N) is 1. The molecule has 1 amide bonds. The Labute approximate surface area is 103 Å². The van der Waals surface area contributed by atoms with Gasteiger partial charge in [0.1, 0.15) is 0 Å². The Hall–Kier alpha value is -0.880. The van der Waals surface area contributed by atoms with Crippen LogP contribution in [-0.4, -0.2) is 37.9 Å². The minimum Gasteiger partial charge on any atom is -0.380 e. The number of carbonyl (C=O) groups excluding carboxylic acids is 1. The molecule has 0 saturated carbocycles. The van der Waals surface area contributed by atoms with Gasteiger partial charge < -0.3 is 10.2 Å². The first-order valence-electron chi connectivity index (χ1n) is 4.35. The molecule has 0 atom stereocenters. The fraction of sp³-hybridized carbons (Fsp3) is 0.444. The molecule has 0 saturated heterocycles. The van der Waals surface area contributed by atoms with Crippen molar-refractivity contribution in [1.82, 2.24) is 4.90 Å². The summed E-state index contributed by atoms with van der Waals surface area (Å²) in [5, 5.41) is 3.72. The van der Waals surface area contributed by atoms with Gasteiger partial charge in [-0.15, -0.1) is 23.7 Å². The molecular formula is C9H13ClF2N2OS. The van der Waals surface area contributed by atoms with Crippen molar-refractivity contribution < 1.29 is 13.6 Å². The van der Waals surface area contributed by atoms with Gasteiger partial charge in [-0.3, -0.25) is 4.79 Å². The van der Waals surface area contributed by atoms with E-state index in [1.165, 1.54) is 18.4 Å². The maximum Gasteiger partial charge on any atom is 0.263 e. The third-order valence-electron chi connectivity index (χ3n) is 1.82. The summed E-state index contributed by atoms with van der Waals surface area (Å²) in [6.07, 6.45) is -2.50. The van der Waals surface area contributed by atoms with Gasteiger partial charge in [-0.05, 0) is 12.1 Å². The van der Waals surface area contributed by atoms with Gasteiger partial charge in [0.25, 0.3) is 12.3 Å². The SMILES string of the molecule is CNc1ccc(C(=O)N(C)CC(F)F)s1.Cl. The predicted molar refractivity (Wildman–Crippen MR) is 64.1 cm³/mol. The number of hydrogen-bond donors (Lipinski definition) is 1. The zero-order valence-electron chi connectivity index (χ0n) is 8.87. The van der Waals surface area contributed by atoms with Crippen molar-refractivity contribution in [1.29, 1.82) is 0 Å². The number of alkyl halides is 2. The molecule has 0 aromatic carbocycles. The van der Waals surface area contributed by atoms with Crippen LogP contribution < -0.4 is 5.32 Å². The number of thiophene rings is 1. The van der Waals surface area contributed by atoms with E-state index < -0.39 is 13.0 Å². The Balaban J connectivity index is 0.00000225. The van der Waals surface area contributed by atoms with Crippen molar-refractivity contribution in [2.24, 2.45) is 0 Å². The molecule has 0 unspecified atom stereocenters. The monoisotopic (exact) mass is 270 g/mol. The van der Waals surface area contributed by atoms with Crippen molar-refractivity contribution >= 4 is 34.7 Å². The summed E-state index contributed by atoms with van der Waals surface area (Å²) in [6.45, 7) is -0.536. The molecule has 0 aliphatic carbocycles. The molecule has 0 fully saturated rings. The lowest BCUT2D eigenvalue weighted by atomic mass is 10.4. The van der Waals surface area contributed by atoms with Crippen LogP contribution in [0, 0.1) is 0 Å². The Morgan fingerprint density at radius 3 is 2.62 bits per heavy atom. The minimum atomic E-state index is -2.50. The minimum absolute atomic E-state index is 0. The van der Waals surface area contributed by atoms with Gasteiger partial charge in [0.15, 0.2) is 0 Å². The van der Waals surface area contributed by atoms with Gasteiger partial charge >= 0.3 is 0 Å². The lowest BCUT2D eigenvalue weighted by Crippen LogP contribution is -2.30. The zero-order valence-corrected chi connectivity index (χ0v) is 10.5. The van der Waals surface area contributed by atoms with E-state index in [4.69, 9.17) is 0 Å². The molecule has 16 heavy (non-hydrogen) atoms. The summed E-state index contributed by atoms with van der Waals surface area (Å²) in [6, 6.07) is 3.37. The van der Waals surface area contributed by atoms with Gasteiger partial charge in [0.05, 0.1) is 16.4 Å². The fourth-order valence-corrected chi connectivity index (χ4v) is 1.92. The van der Waals surface area contributed by atoms with Crippen LogP contribution >= 0.6 is 23.7 Å². The second-order valence-corrected chi connectivity index (χ2v) is 4.07. The number of carbonyl (C=O) groups is 1. The maximum atomic E-state index is 12.0. The summed E-state index contributed by atoms with van der Waals surface area (Å²) in [7, 11) is 3.11. The molecule has 0 bridgehead atoms. The molecule has 0 radical (unpaired) electrons. The van der Waals surface area contributed by atoms with E-state index in [9.17, 15) is 13.6 Å². The molecular weight excluding hydrogens is 258 g/mol. The molecule has 1 aromatic heterocycles. The molecule has 0 aliphatic heterocycles.